The minimum atomic E-state index is -1.19. The number of benzene rings is 2. The Kier molecular flexibility index (Phi) is 5.70. The lowest BCUT2D eigenvalue weighted by molar-refractivity contribution is -0.120. The molecular formula is C18H17NO5. The quantitative estimate of drug-likeness (QED) is 0.652. The average Bonchev–Trinajstić information content (AvgIpc) is 2.61. The number of carboxylic acid groups (broad SMARTS) is 1. The van der Waals surface area contributed by atoms with Crippen LogP contribution in [0.4, 0.5) is 5.69 Å². The van der Waals surface area contributed by atoms with Gasteiger partial charge >= 0.3 is 5.97 Å². The van der Waals surface area contributed by atoms with E-state index in [0.29, 0.717) is 0 Å². The molecule has 0 radical (unpaired) electrons. The van der Waals surface area contributed by atoms with Gasteiger partial charge in [0.15, 0.2) is 0 Å². The molecule has 0 aliphatic carbocycles. The fourth-order valence-electron chi connectivity index (χ4n) is 2.16. The zero-order chi connectivity index (χ0) is 17.5. The molecule has 0 aliphatic rings. The highest BCUT2D eigenvalue weighted by Gasteiger charge is 2.24. The zero-order valence-corrected chi connectivity index (χ0v) is 13.3. The summed E-state index contributed by atoms with van der Waals surface area (Å²) in [5.41, 5.74) is 0.774. The monoisotopic (exact) mass is 327 g/mol. The van der Waals surface area contributed by atoms with Gasteiger partial charge in [-0.15, -0.1) is 0 Å². The SMILES string of the molecule is COc1cccc(C(=O)O)c1N(OC)C(=O)C=Cc1ccccc1. The van der Waals surface area contributed by atoms with Crippen LogP contribution in [0.5, 0.6) is 5.75 Å². The number of hydroxylamine groups is 1. The van der Waals surface area contributed by atoms with E-state index in [1.54, 1.807) is 12.1 Å². The second kappa shape index (κ2) is 7.94. The van der Waals surface area contributed by atoms with Crippen LogP contribution in [-0.2, 0) is 9.63 Å². The van der Waals surface area contributed by atoms with Gasteiger partial charge in [0, 0.05) is 6.08 Å². The van der Waals surface area contributed by atoms with Crippen molar-refractivity contribution >= 4 is 23.6 Å². The molecule has 24 heavy (non-hydrogen) atoms. The van der Waals surface area contributed by atoms with E-state index in [9.17, 15) is 14.7 Å². The van der Waals surface area contributed by atoms with Crippen LogP contribution in [0.2, 0.25) is 0 Å². The normalized spacial score (nSPS) is 10.6. The smallest absolute Gasteiger partial charge is 0.338 e. The summed E-state index contributed by atoms with van der Waals surface area (Å²) >= 11 is 0. The number of nitrogens with zero attached hydrogens (tertiary/aromatic N) is 1. The third kappa shape index (κ3) is 3.80. The van der Waals surface area contributed by atoms with E-state index >= 15 is 0 Å². The largest absolute Gasteiger partial charge is 0.494 e. The summed E-state index contributed by atoms with van der Waals surface area (Å²) < 4.78 is 5.17. The number of carbonyl (C=O) groups excluding carboxylic acids is 1. The number of aromatic carboxylic acids is 1. The van der Waals surface area contributed by atoms with Gasteiger partial charge in [-0.2, -0.15) is 5.06 Å². The van der Waals surface area contributed by atoms with Crippen LogP contribution in [-0.4, -0.2) is 31.2 Å². The lowest BCUT2D eigenvalue weighted by Crippen LogP contribution is -2.30. The zero-order valence-electron chi connectivity index (χ0n) is 13.3. The molecule has 0 aliphatic heterocycles. The van der Waals surface area contributed by atoms with E-state index < -0.39 is 11.9 Å². The van der Waals surface area contributed by atoms with Crippen LogP contribution in [0.25, 0.3) is 6.08 Å². The van der Waals surface area contributed by atoms with Gasteiger partial charge in [0.2, 0.25) is 0 Å². The van der Waals surface area contributed by atoms with E-state index in [1.807, 2.05) is 30.3 Å². The van der Waals surface area contributed by atoms with Crippen LogP contribution in [0.3, 0.4) is 0 Å². The van der Waals surface area contributed by atoms with Gasteiger partial charge in [0.1, 0.15) is 11.4 Å². The number of rotatable bonds is 6. The van der Waals surface area contributed by atoms with Crippen LogP contribution in [0.15, 0.2) is 54.6 Å². The maximum absolute atomic E-state index is 12.5. The molecule has 0 unspecified atom stereocenters. The van der Waals surface area contributed by atoms with E-state index in [2.05, 4.69) is 0 Å². The Hall–Kier alpha value is -3.12. The summed E-state index contributed by atoms with van der Waals surface area (Å²) in [5.74, 6) is -1.50. The van der Waals surface area contributed by atoms with Crippen molar-refractivity contribution in [3.8, 4) is 5.75 Å². The first kappa shape index (κ1) is 17.2. The highest BCUT2D eigenvalue weighted by Crippen LogP contribution is 2.32. The number of para-hydroxylation sites is 1. The fourth-order valence-corrected chi connectivity index (χ4v) is 2.16. The number of carboxylic acids is 1. The summed E-state index contributed by atoms with van der Waals surface area (Å²) in [6.07, 6.45) is 2.92. The first-order valence-electron chi connectivity index (χ1n) is 7.10. The Balaban J connectivity index is 2.39. The third-order valence-electron chi connectivity index (χ3n) is 3.25. The number of methoxy groups -OCH3 is 1. The molecule has 0 spiro atoms. The van der Waals surface area contributed by atoms with Gasteiger partial charge in [-0.05, 0) is 23.8 Å². The lowest BCUT2D eigenvalue weighted by atomic mass is 10.1. The Morgan fingerprint density at radius 1 is 1.04 bits per heavy atom. The molecule has 6 nitrogen and oxygen atoms in total. The Bertz CT molecular complexity index is 755. The lowest BCUT2D eigenvalue weighted by Gasteiger charge is -2.22. The summed E-state index contributed by atoms with van der Waals surface area (Å²) in [7, 11) is 2.68. The van der Waals surface area contributed by atoms with Gasteiger partial charge in [-0.1, -0.05) is 36.4 Å². The summed E-state index contributed by atoms with van der Waals surface area (Å²) in [4.78, 5) is 29.0. The fraction of sp³-hybridized carbons (Fsp3) is 0.111. The minimum absolute atomic E-state index is 0.0395. The molecule has 0 saturated heterocycles. The van der Waals surface area contributed by atoms with E-state index in [0.717, 1.165) is 10.6 Å². The molecule has 124 valence electrons. The third-order valence-corrected chi connectivity index (χ3v) is 3.25. The molecule has 0 heterocycles. The molecule has 0 aromatic heterocycles. The molecular weight excluding hydrogens is 310 g/mol. The van der Waals surface area contributed by atoms with Crippen molar-refractivity contribution < 1.29 is 24.3 Å². The number of ether oxygens (including phenoxy) is 1. The molecule has 1 amide bonds. The average molecular weight is 327 g/mol. The van der Waals surface area contributed by atoms with Crippen LogP contribution >= 0.6 is 0 Å². The van der Waals surface area contributed by atoms with Crippen molar-refractivity contribution in [2.45, 2.75) is 0 Å². The summed E-state index contributed by atoms with van der Waals surface area (Å²) in [6.45, 7) is 0. The van der Waals surface area contributed by atoms with E-state index in [-0.39, 0.29) is 17.0 Å². The van der Waals surface area contributed by atoms with Crippen molar-refractivity contribution in [1.29, 1.82) is 0 Å². The van der Waals surface area contributed by atoms with Crippen LogP contribution in [0.1, 0.15) is 15.9 Å². The standard InChI is InChI=1S/C18H17NO5/c1-23-15-10-6-9-14(18(21)22)17(15)19(24-2)16(20)12-11-13-7-4-3-5-8-13/h3-12H,1-2H3,(H,21,22). The number of carbonyl (C=O) groups is 2. The molecule has 0 atom stereocenters. The molecule has 0 saturated carbocycles. The topological polar surface area (TPSA) is 76.1 Å². The Labute approximate surface area is 139 Å². The number of anilines is 1. The van der Waals surface area contributed by atoms with Gasteiger partial charge in [0.05, 0.1) is 19.8 Å². The van der Waals surface area contributed by atoms with Crippen molar-refractivity contribution in [1.82, 2.24) is 0 Å². The van der Waals surface area contributed by atoms with Gasteiger partial charge in [0.25, 0.3) is 5.91 Å². The first-order chi connectivity index (χ1) is 11.6. The van der Waals surface area contributed by atoms with Crippen LogP contribution < -0.4 is 9.80 Å². The van der Waals surface area contributed by atoms with E-state index in [1.165, 1.54) is 32.4 Å². The second-order valence-corrected chi connectivity index (χ2v) is 4.72. The highest BCUT2D eigenvalue weighted by molar-refractivity contribution is 6.07. The maximum atomic E-state index is 12.5. The molecule has 0 fully saturated rings. The van der Waals surface area contributed by atoms with Crippen LogP contribution in [0, 0.1) is 0 Å². The molecule has 2 rings (SSSR count). The predicted molar refractivity (Wildman–Crippen MR) is 89.9 cm³/mol. The second-order valence-electron chi connectivity index (χ2n) is 4.72. The summed E-state index contributed by atoms with van der Waals surface area (Å²) in [6, 6.07) is 13.7. The van der Waals surface area contributed by atoms with Gasteiger partial charge < -0.3 is 9.84 Å². The molecule has 1 N–H and O–H groups in total. The number of amides is 1. The Morgan fingerprint density at radius 3 is 2.33 bits per heavy atom. The minimum Gasteiger partial charge on any atom is -0.494 e. The first-order valence-corrected chi connectivity index (χ1v) is 7.10. The predicted octanol–water partition coefficient (Wildman–Crippen LogP) is 3.00. The maximum Gasteiger partial charge on any atom is 0.338 e. The number of hydrogen-bond acceptors (Lipinski definition) is 4. The molecule has 0 bridgehead atoms. The molecule has 2 aromatic carbocycles. The number of hydrogen-bond donors (Lipinski definition) is 1. The van der Waals surface area contributed by atoms with Crippen molar-refractivity contribution in [3.05, 3.63) is 65.7 Å². The highest BCUT2D eigenvalue weighted by atomic mass is 16.7. The molecule has 6 heteroatoms. The van der Waals surface area contributed by atoms with Gasteiger partial charge in [-0.25, -0.2) is 4.79 Å². The summed E-state index contributed by atoms with van der Waals surface area (Å²) in [5, 5.41) is 10.2. The van der Waals surface area contributed by atoms with E-state index in [4.69, 9.17) is 9.57 Å². The molecule has 2 aromatic rings. The van der Waals surface area contributed by atoms with Crippen molar-refractivity contribution in [2.24, 2.45) is 0 Å². The van der Waals surface area contributed by atoms with Gasteiger partial charge in [-0.3, -0.25) is 9.63 Å². The Morgan fingerprint density at radius 2 is 1.75 bits per heavy atom. The van der Waals surface area contributed by atoms with Crippen molar-refractivity contribution in [3.63, 3.8) is 0 Å². The van der Waals surface area contributed by atoms with Crippen molar-refractivity contribution in [2.75, 3.05) is 19.3 Å².